The van der Waals surface area contributed by atoms with E-state index in [1.54, 1.807) is 0 Å². The van der Waals surface area contributed by atoms with Gasteiger partial charge in [0.2, 0.25) is 0 Å². The van der Waals surface area contributed by atoms with E-state index in [1.165, 1.54) is 218 Å². The fourth-order valence-electron chi connectivity index (χ4n) is 8.77. The number of carbonyl (C=O) groups excluding carboxylic acids is 3. The van der Waals surface area contributed by atoms with Crippen molar-refractivity contribution in [2.45, 2.75) is 329 Å². The Morgan fingerprint density at radius 3 is 0.833 bits per heavy atom. The minimum Gasteiger partial charge on any atom is -0.462 e. The highest BCUT2D eigenvalue weighted by Gasteiger charge is 2.19. The molecule has 0 rings (SSSR count). The molecule has 0 saturated carbocycles. The number of hydrogen-bond donors (Lipinski definition) is 0. The topological polar surface area (TPSA) is 78.9 Å². The second-order valence-electron chi connectivity index (χ2n) is 19.9. The molecule has 0 aliphatic rings. The summed E-state index contributed by atoms with van der Waals surface area (Å²) in [5.74, 6) is -0.863. The van der Waals surface area contributed by atoms with Crippen molar-refractivity contribution < 1.29 is 28.6 Å². The highest BCUT2D eigenvalue weighted by Crippen LogP contribution is 2.17. The minimum absolute atomic E-state index is 0.0656. The number of unbranched alkanes of at least 4 members (excludes halogenated alkanes) is 39. The Morgan fingerprint density at radius 1 is 0.303 bits per heavy atom. The van der Waals surface area contributed by atoms with Crippen molar-refractivity contribution in [1.29, 1.82) is 0 Å². The summed E-state index contributed by atoms with van der Waals surface area (Å²) in [5.41, 5.74) is 0. The second kappa shape index (κ2) is 55.5. The van der Waals surface area contributed by atoms with Gasteiger partial charge in [-0.1, -0.05) is 276 Å². The third-order valence-electron chi connectivity index (χ3n) is 13.2. The molecule has 0 bridgehead atoms. The molecule has 388 valence electrons. The molecule has 0 spiro atoms. The fraction of sp³-hybridized carbons (Fsp3) is 0.883. The Hall–Kier alpha value is -2.11. The van der Waals surface area contributed by atoms with E-state index >= 15 is 0 Å². The molecule has 0 radical (unpaired) electrons. The van der Waals surface area contributed by atoms with Crippen molar-refractivity contribution in [2.24, 2.45) is 0 Å². The Labute approximate surface area is 411 Å². The number of ether oxygens (including phenoxy) is 3. The summed E-state index contributed by atoms with van der Waals surface area (Å²) in [6.07, 6.45) is 65.3. The van der Waals surface area contributed by atoms with E-state index in [4.69, 9.17) is 14.2 Å². The first-order valence-corrected chi connectivity index (χ1v) is 29.3. The predicted octanol–water partition coefficient (Wildman–Crippen LogP) is 19.5. The number of carbonyl (C=O) groups is 3. The van der Waals surface area contributed by atoms with Crippen molar-refractivity contribution >= 4 is 17.9 Å². The summed E-state index contributed by atoms with van der Waals surface area (Å²) in [5, 5.41) is 0. The monoisotopic (exact) mass is 929 g/mol. The van der Waals surface area contributed by atoms with Gasteiger partial charge in [-0.15, -0.1) is 0 Å². The molecular weight excluding hydrogens is 817 g/mol. The first-order valence-electron chi connectivity index (χ1n) is 29.3. The SMILES string of the molecule is CCCCCCC/C=C\C/C=C\CCCCCCCCCCCCCCCCCCCCCCCC(=O)OCC(COC(=O)CCCCCCCC)OC(=O)CCCCCCCCCCC. The Bertz CT molecular complexity index is 1070. The molecule has 1 unspecified atom stereocenters. The van der Waals surface area contributed by atoms with Crippen LogP contribution in [0.2, 0.25) is 0 Å². The lowest BCUT2D eigenvalue weighted by Crippen LogP contribution is -2.30. The maximum absolute atomic E-state index is 12.7. The van der Waals surface area contributed by atoms with Crippen molar-refractivity contribution in [2.75, 3.05) is 13.2 Å². The summed E-state index contributed by atoms with van der Waals surface area (Å²) >= 11 is 0. The lowest BCUT2D eigenvalue weighted by Gasteiger charge is -2.18. The van der Waals surface area contributed by atoms with E-state index in [1.807, 2.05) is 0 Å². The van der Waals surface area contributed by atoms with Crippen LogP contribution in [0.1, 0.15) is 323 Å². The van der Waals surface area contributed by atoms with E-state index < -0.39 is 6.10 Å². The van der Waals surface area contributed by atoms with Gasteiger partial charge in [0.05, 0.1) is 0 Å². The molecule has 0 saturated heterocycles. The molecular formula is C60H112O6. The van der Waals surface area contributed by atoms with Gasteiger partial charge >= 0.3 is 17.9 Å². The smallest absolute Gasteiger partial charge is 0.306 e. The van der Waals surface area contributed by atoms with Crippen LogP contribution in [0.4, 0.5) is 0 Å². The molecule has 0 aliphatic carbocycles. The van der Waals surface area contributed by atoms with Gasteiger partial charge in [-0.3, -0.25) is 14.4 Å². The third kappa shape index (κ3) is 52.9. The van der Waals surface area contributed by atoms with E-state index in [2.05, 4.69) is 45.1 Å². The number of esters is 3. The maximum atomic E-state index is 12.7. The molecule has 1 atom stereocenters. The van der Waals surface area contributed by atoms with E-state index in [0.717, 1.165) is 64.2 Å². The Balaban J connectivity index is 3.82. The summed E-state index contributed by atoms with van der Waals surface area (Å²) in [7, 11) is 0. The molecule has 0 fully saturated rings. The second-order valence-corrected chi connectivity index (χ2v) is 19.9. The average Bonchev–Trinajstić information content (AvgIpc) is 3.31. The molecule has 0 aromatic carbocycles. The molecule has 6 nitrogen and oxygen atoms in total. The largest absolute Gasteiger partial charge is 0.462 e. The highest BCUT2D eigenvalue weighted by molar-refractivity contribution is 5.71. The standard InChI is InChI=1S/C60H112O6/c1-4-7-10-13-16-18-19-20-21-22-23-24-25-26-27-28-29-30-31-32-33-34-35-36-37-38-39-40-41-43-44-47-50-53-59(62)65-56-57(55-64-58(61)52-49-46-15-12-9-6-3)66-60(63)54-51-48-45-42-17-14-11-8-5-2/h19-20,22-23,57H,4-18,21,24-56H2,1-3H3/b20-19-,23-22-. The number of rotatable bonds is 54. The van der Waals surface area contributed by atoms with Gasteiger partial charge < -0.3 is 14.2 Å². The van der Waals surface area contributed by atoms with Crippen LogP contribution in [-0.4, -0.2) is 37.2 Å². The minimum atomic E-state index is -0.760. The zero-order chi connectivity index (χ0) is 47.9. The Morgan fingerprint density at radius 2 is 0.545 bits per heavy atom. The van der Waals surface area contributed by atoms with Gasteiger partial charge in [0.1, 0.15) is 13.2 Å². The van der Waals surface area contributed by atoms with Crippen LogP contribution in [0.3, 0.4) is 0 Å². The highest BCUT2D eigenvalue weighted by atomic mass is 16.6. The molecule has 0 N–H and O–H groups in total. The van der Waals surface area contributed by atoms with E-state index in [-0.39, 0.29) is 31.1 Å². The summed E-state index contributed by atoms with van der Waals surface area (Å²) < 4.78 is 16.7. The van der Waals surface area contributed by atoms with Crippen molar-refractivity contribution in [3.8, 4) is 0 Å². The van der Waals surface area contributed by atoms with Gasteiger partial charge in [0.25, 0.3) is 0 Å². The normalized spacial score (nSPS) is 12.1. The molecule has 0 heterocycles. The molecule has 66 heavy (non-hydrogen) atoms. The quantitative estimate of drug-likeness (QED) is 0.0262. The van der Waals surface area contributed by atoms with Crippen LogP contribution in [-0.2, 0) is 28.6 Å². The van der Waals surface area contributed by atoms with Gasteiger partial charge in [-0.2, -0.15) is 0 Å². The van der Waals surface area contributed by atoms with Crippen LogP contribution < -0.4 is 0 Å². The predicted molar refractivity (Wildman–Crippen MR) is 284 cm³/mol. The maximum Gasteiger partial charge on any atom is 0.306 e. The summed E-state index contributed by atoms with van der Waals surface area (Å²) in [6.45, 7) is 6.58. The summed E-state index contributed by atoms with van der Waals surface area (Å²) in [6, 6.07) is 0. The van der Waals surface area contributed by atoms with E-state index in [9.17, 15) is 14.4 Å². The van der Waals surface area contributed by atoms with Crippen LogP contribution >= 0.6 is 0 Å². The van der Waals surface area contributed by atoms with Crippen LogP contribution in [0.25, 0.3) is 0 Å². The zero-order valence-corrected chi connectivity index (χ0v) is 44.5. The van der Waals surface area contributed by atoms with Gasteiger partial charge in [-0.05, 0) is 51.4 Å². The van der Waals surface area contributed by atoms with Gasteiger partial charge in [0, 0.05) is 19.3 Å². The van der Waals surface area contributed by atoms with Crippen molar-refractivity contribution in [3.63, 3.8) is 0 Å². The average molecular weight is 930 g/mol. The fourth-order valence-corrected chi connectivity index (χ4v) is 8.77. The summed E-state index contributed by atoms with van der Waals surface area (Å²) in [4.78, 5) is 37.6. The lowest BCUT2D eigenvalue weighted by atomic mass is 10.0. The lowest BCUT2D eigenvalue weighted by molar-refractivity contribution is -0.167. The van der Waals surface area contributed by atoms with Gasteiger partial charge in [0.15, 0.2) is 6.10 Å². The zero-order valence-electron chi connectivity index (χ0n) is 44.5. The van der Waals surface area contributed by atoms with Crippen LogP contribution in [0.15, 0.2) is 24.3 Å². The molecule has 0 aromatic heterocycles. The number of allylic oxidation sites excluding steroid dienone is 4. The van der Waals surface area contributed by atoms with Crippen LogP contribution in [0.5, 0.6) is 0 Å². The first kappa shape index (κ1) is 63.9. The molecule has 0 aromatic rings. The molecule has 6 heteroatoms. The molecule has 0 aliphatic heterocycles. The van der Waals surface area contributed by atoms with E-state index in [0.29, 0.717) is 19.3 Å². The first-order chi connectivity index (χ1) is 32.5. The number of hydrogen-bond acceptors (Lipinski definition) is 6. The Kier molecular flexibility index (Phi) is 53.7. The van der Waals surface area contributed by atoms with Crippen molar-refractivity contribution in [1.82, 2.24) is 0 Å². The van der Waals surface area contributed by atoms with Gasteiger partial charge in [-0.25, -0.2) is 0 Å². The molecule has 0 amide bonds. The van der Waals surface area contributed by atoms with Crippen LogP contribution in [0, 0.1) is 0 Å². The van der Waals surface area contributed by atoms with Crippen molar-refractivity contribution in [3.05, 3.63) is 24.3 Å². The third-order valence-corrected chi connectivity index (χ3v) is 13.2.